The van der Waals surface area contributed by atoms with Gasteiger partial charge in [-0.25, -0.2) is 8.78 Å². The zero-order valence-electron chi connectivity index (χ0n) is 51.9. The third kappa shape index (κ3) is 9.47. The van der Waals surface area contributed by atoms with Crippen molar-refractivity contribution in [2.45, 2.75) is 78.1 Å². The Balaban J connectivity index is 1.06. The number of nitrogens with zero attached hydrogens (tertiary/aromatic N) is 2. The van der Waals surface area contributed by atoms with E-state index in [0.29, 0.717) is 33.9 Å². The number of hydrogen-bond donors (Lipinski definition) is 0. The smallest absolute Gasteiger partial charge is 0.171 e. The van der Waals surface area contributed by atoms with Gasteiger partial charge in [0.1, 0.15) is 22.6 Å². The van der Waals surface area contributed by atoms with Gasteiger partial charge in [-0.3, -0.25) is 0 Å². The Kier molecular flexibility index (Phi) is 13.4. The van der Waals surface area contributed by atoms with Crippen LogP contribution in [0, 0.1) is 11.6 Å². The minimum atomic E-state index is -0.718. The second-order valence-corrected chi connectivity index (χ2v) is 26.5. The van der Waals surface area contributed by atoms with Crippen molar-refractivity contribution in [3.63, 3.8) is 0 Å². The Morgan fingerprint density at radius 3 is 1.17 bits per heavy atom. The maximum Gasteiger partial charge on any atom is 0.171 e. The molecule has 14 aromatic rings. The van der Waals surface area contributed by atoms with E-state index >= 15 is 8.78 Å². The maximum atomic E-state index is 17.0. The number of benzene rings is 12. The first kappa shape index (κ1) is 56.2. The summed E-state index contributed by atoms with van der Waals surface area (Å²) in [5, 5.41) is 2.78. The van der Waals surface area contributed by atoms with Gasteiger partial charge in [0.2, 0.25) is 0 Å². The van der Waals surface area contributed by atoms with Crippen molar-refractivity contribution in [3.8, 4) is 55.6 Å². The average Bonchev–Trinajstić information content (AvgIpc) is 1.51. The van der Waals surface area contributed by atoms with Crippen LogP contribution in [-0.2, 0) is 16.2 Å². The van der Waals surface area contributed by atoms with Crippen LogP contribution in [0.5, 0.6) is 0 Å². The van der Waals surface area contributed by atoms with Crippen LogP contribution >= 0.6 is 0 Å². The Labute approximate surface area is 524 Å². The summed E-state index contributed by atoms with van der Waals surface area (Å²) in [4.78, 5) is 4.70. The van der Waals surface area contributed by atoms with Crippen LogP contribution < -0.4 is 9.80 Å². The fourth-order valence-corrected chi connectivity index (χ4v) is 13.8. The monoisotopic (exact) mass is 1170 g/mol. The van der Waals surface area contributed by atoms with Crippen LogP contribution in [-0.4, -0.2) is 0 Å². The quantitative estimate of drug-likeness (QED) is 0.129. The van der Waals surface area contributed by atoms with Gasteiger partial charge in [0, 0.05) is 50.1 Å². The zero-order valence-corrected chi connectivity index (χ0v) is 51.9. The molecule has 2 heterocycles. The van der Waals surface area contributed by atoms with Crippen molar-refractivity contribution in [2.24, 2.45) is 0 Å². The van der Waals surface area contributed by atoms with Crippen LogP contribution in [0.25, 0.3) is 99.5 Å². The molecule has 0 amide bonds. The van der Waals surface area contributed by atoms with Gasteiger partial charge in [0.15, 0.2) is 11.4 Å². The molecule has 1 unspecified atom stereocenters. The SMILES string of the molecule is CCC1(C)c2cc(N(c3ccc(C(C)(C)C)cc3)c3cc(-c4ccccc4)cc(-c4ccccc4)c3)c3c(oc4ccc(F)cc43)c2-c2c1cc(N(c1ccc(C(C)(C)C)cc1)c1cc(-c3ccccc3)cc(-c3ccccc3)c1)c1c2oc2c(F)cccc21. The van der Waals surface area contributed by atoms with Crippen LogP contribution in [0.4, 0.5) is 42.9 Å². The second kappa shape index (κ2) is 21.5. The van der Waals surface area contributed by atoms with E-state index in [1.807, 2.05) is 18.2 Å². The van der Waals surface area contributed by atoms with E-state index in [1.165, 1.54) is 23.3 Å². The van der Waals surface area contributed by atoms with Crippen molar-refractivity contribution in [2.75, 3.05) is 9.80 Å². The average molecular weight is 1180 g/mol. The summed E-state index contributed by atoms with van der Waals surface area (Å²) in [7, 11) is 0. The predicted octanol–water partition coefficient (Wildman–Crippen LogP) is 24.7. The van der Waals surface area contributed by atoms with Crippen LogP contribution in [0.3, 0.4) is 0 Å². The first-order valence-electron chi connectivity index (χ1n) is 31.2. The van der Waals surface area contributed by atoms with E-state index in [9.17, 15) is 0 Å². The summed E-state index contributed by atoms with van der Waals surface area (Å²) < 4.78 is 47.9. The van der Waals surface area contributed by atoms with Crippen molar-refractivity contribution < 1.29 is 17.6 Å². The van der Waals surface area contributed by atoms with Gasteiger partial charge < -0.3 is 18.6 Å². The summed E-state index contributed by atoms with van der Waals surface area (Å²) in [5.74, 6) is -0.838. The molecule has 4 nitrogen and oxygen atoms in total. The first-order chi connectivity index (χ1) is 43.5. The molecule has 12 aromatic carbocycles. The van der Waals surface area contributed by atoms with Gasteiger partial charge in [-0.1, -0.05) is 213 Å². The summed E-state index contributed by atoms with van der Waals surface area (Å²) in [6, 6.07) is 88.2. The highest BCUT2D eigenvalue weighted by Gasteiger charge is 2.45. The lowest BCUT2D eigenvalue weighted by Crippen LogP contribution is -2.21. The van der Waals surface area contributed by atoms with Gasteiger partial charge in [-0.05, 0) is 181 Å². The lowest BCUT2D eigenvalue weighted by atomic mass is 9.77. The summed E-state index contributed by atoms with van der Waals surface area (Å²) in [6.45, 7) is 18.0. The first-order valence-corrected chi connectivity index (χ1v) is 31.2. The Bertz CT molecular complexity index is 4960. The van der Waals surface area contributed by atoms with Crippen LogP contribution in [0.15, 0.2) is 264 Å². The fourth-order valence-electron chi connectivity index (χ4n) is 13.8. The third-order valence-electron chi connectivity index (χ3n) is 18.8. The molecule has 2 aromatic heterocycles. The van der Waals surface area contributed by atoms with Crippen molar-refractivity contribution >= 4 is 78.0 Å². The van der Waals surface area contributed by atoms with Crippen molar-refractivity contribution in [1.29, 1.82) is 0 Å². The van der Waals surface area contributed by atoms with Crippen molar-refractivity contribution in [1.82, 2.24) is 0 Å². The van der Waals surface area contributed by atoms with Crippen molar-refractivity contribution in [3.05, 3.63) is 289 Å². The van der Waals surface area contributed by atoms with E-state index in [2.05, 4.69) is 271 Å². The number of anilines is 6. The molecule has 1 aliphatic carbocycles. The van der Waals surface area contributed by atoms with Gasteiger partial charge in [-0.2, -0.15) is 0 Å². The maximum absolute atomic E-state index is 17.0. The van der Waals surface area contributed by atoms with E-state index in [1.54, 1.807) is 18.2 Å². The molecule has 0 saturated heterocycles. The Morgan fingerprint density at radius 2 is 0.767 bits per heavy atom. The number of para-hydroxylation sites is 1. The standard InChI is InChI=1S/C84H68F2N2O2/c1-9-84(8)69-51-73(88(64-40-35-61(36-41-64)83(5,6)7)66-47-58(54-27-18-12-19-28-54)44-59(48-66)55-29-20-13-21-30-55)76-68-49-62(85)37-42-74(68)89-80(76)77(69)78-70(84)50-72(75-67-31-22-32-71(86)79(67)90-81(75)78)87(63-38-33-60(34-39-63)82(2,3)4)65-45-56(52-23-14-10-15-24-52)43-57(46-65)53-25-16-11-17-26-53/h10-51H,9H2,1-8H3. The van der Waals surface area contributed by atoms with E-state index in [0.717, 1.165) is 112 Å². The number of furan rings is 2. The molecule has 90 heavy (non-hydrogen) atoms. The van der Waals surface area contributed by atoms with Gasteiger partial charge in [0.25, 0.3) is 0 Å². The normalized spacial score (nSPS) is 14.0. The molecule has 1 aliphatic rings. The molecule has 0 N–H and O–H groups in total. The molecule has 0 bridgehead atoms. The van der Waals surface area contributed by atoms with Gasteiger partial charge in [-0.15, -0.1) is 0 Å². The molecule has 6 heteroatoms. The molecular formula is C84H68F2N2O2. The molecule has 0 saturated carbocycles. The lowest BCUT2D eigenvalue weighted by molar-refractivity contribution is 0.563. The number of halogens is 2. The highest BCUT2D eigenvalue weighted by molar-refractivity contribution is 6.24. The second-order valence-electron chi connectivity index (χ2n) is 26.5. The number of hydrogen-bond acceptors (Lipinski definition) is 4. The fraction of sp³-hybridized carbons (Fsp3) is 0.143. The Morgan fingerprint density at radius 1 is 0.367 bits per heavy atom. The summed E-state index contributed by atoms with van der Waals surface area (Å²) in [5.41, 5.74) is 20.8. The minimum absolute atomic E-state index is 0.113. The third-order valence-corrected chi connectivity index (χ3v) is 18.8. The Hall–Kier alpha value is -10.3. The van der Waals surface area contributed by atoms with E-state index in [4.69, 9.17) is 8.83 Å². The molecule has 1 atom stereocenters. The van der Waals surface area contributed by atoms with E-state index in [-0.39, 0.29) is 22.2 Å². The molecule has 0 spiro atoms. The molecule has 0 fully saturated rings. The van der Waals surface area contributed by atoms with Gasteiger partial charge in [0.05, 0.1) is 22.1 Å². The number of fused-ring (bicyclic) bond motifs is 11. The molecule has 0 radical (unpaired) electrons. The minimum Gasteiger partial charge on any atom is -0.455 e. The topological polar surface area (TPSA) is 32.8 Å². The van der Waals surface area contributed by atoms with Crippen LogP contribution in [0.1, 0.15) is 84.1 Å². The molecule has 15 rings (SSSR count). The largest absolute Gasteiger partial charge is 0.455 e. The van der Waals surface area contributed by atoms with Gasteiger partial charge >= 0.3 is 0 Å². The molecule has 0 aliphatic heterocycles. The highest BCUT2D eigenvalue weighted by Crippen LogP contribution is 2.62. The summed E-state index contributed by atoms with van der Waals surface area (Å²) >= 11 is 0. The zero-order chi connectivity index (χ0) is 61.8. The lowest BCUT2D eigenvalue weighted by Gasteiger charge is -2.32. The molecular weight excluding hydrogens is 1110 g/mol. The van der Waals surface area contributed by atoms with Crippen LogP contribution in [0.2, 0.25) is 0 Å². The molecule has 440 valence electrons. The van der Waals surface area contributed by atoms with E-state index < -0.39 is 11.2 Å². The predicted molar refractivity (Wildman–Crippen MR) is 372 cm³/mol. The summed E-state index contributed by atoms with van der Waals surface area (Å²) in [6.07, 6.45) is 0.663. The highest BCUT2D eigenvalue weighted by atomic mass is 19.1. The number of rotatable bonds is 11.